The Balaban J connectivity index is 0.904. The Bertz CT molecular complexity index is 1840. The molecule has 6 aliphatic heterocycles. The third kappa shape index (κ3) is 9.89. The molecule has 18 nitrogen and oxygen atoms in total. The number of carbonyl (C=O) groups is 4. The van der Waals surface area contributed by atoms with Gasteiger partial charge in [0, 0.05) is 61.2 Å². The van der Waals surface area contributed by atoms with Crippen LogP contribution in [0, 0.1) is 23.2 Å². The first-order valence-corrected chi connectivity index (χ1v) is 23.3. The zero-order valence-corrected chi connectivity index (χ0v) is 39.3. The number of carbonyl (C=O) groups excluding carboxylic acids is 4. The van der Waals surface area contributed by atoms with Crippen LogP contribution in [0.1, 0.15) is 107 Å². The average Bonchev–Trinajstić information content (AvgIpc) is 3.75. The highest BCUT2D eigenvalue weighted by Crippen LogP contribution is 2.58. The summed E-state index contributed by atoms with van der Waals surface area (Å²) in [6.45, 7) is 13.9. The molecule has 5 saturated heterocycles. The summed E-state index contributed by atoms with van der Waals surface area (Å²) in [6, 6.07) is 0. The lowest BCUT2D eigenvalue weighted by molar-refractivity contribution is -0.337. The standard InChI is InChI=1S/C47H68O18/c1-22-42(61-27(6)50)33(52-9)18-38(57-22)65-44-24(3)58-39(19-35(44)60-26(5)49)64-43-23(2)56-37(17-34(43)53-10)62-30-13-14-46(7)29(15-30)16-32(59-25(4)48)40-31(46)12-11-28-20-54-47(8)41(28)36(21-55-47)63-45(40)51/h16,20,22-24,30-44H,11-15,17-19,21H2,1-10H3/t22-,23+,24+,30-,31-,32-,33+,34+,35-,36+,37-,38-,39-,40-,41+,42-,43+,44+,46-,47-/m0/s1. The molecule has 6 heterocycles. The molecule has 0 bridgehead atoms. The highest BCUT2D eigenvalue weighted by Gasteiger charge is 2.60. The van der Waals surface area contributed by atoms with Crippen LogP contribution in [-0.4, -0.2) is 143 Å². The predicted octanol–water partition coefficient (Wildman–Crippen LogP) is 4.72. The van der Waals surface area contributed by atoms with E-state index in [0.29, 0.717) is 25.7 Å². The van der Waals surface area contributed by atoms with Crippen molar-refractivity contribution < 1.29 is 85.5 Å². The fraction of sp³-hybridized carbons (Fsp3) is 0.830. The minimum atomic E-state index is -0.864. The molecule has 0 aromatic rings. The van der Waals surface area contributed by atoms with Gasteiger partial charge in [-0.2, -0.15) is 0 Å². The van der Waals surface area contributed by atoms with Crippen molar-refractivity contribution in [1.29, 1.82) is 0 Å². The van der Waals surface area contributed by atoms with Gasteiger partial charge in [0.15, 0.2) is 25.0 Å². The molecule has 8 rings (SSSR count). The molecule has 0 unspecified atom stereocenters. The van der Waals surface area contributed by atoms with Crippen molar-refractivity contribution in [3.05, 3.63) is 23.5 Å². The molecule has 8 aliphatic rings. The summed E-state index contributed by atoms with van der Waals surface area (Å²) >= 11 is 0. The first kappa shape index (κ1) is 48.3. The molecule has 0 radical (unpaired) electrons. The Morgan fingerprint density at radius 1 is 0.723 bits per heavy atom. The summed E-state index contributed by atoms with van der Waals surface area (Å²) in [5, 5.41) is 0. The van der Waals surface area contributed by atoms with Crippen molar-refractivity contribution in [3.8, 4) is 0 Å². The second-order valence-electron chi connectivity index (χ2n) is 19.4. The van der Waals surface area contributed by atoms with Crippen molar-refractivity contribution in [2.24, 2.45) is 23.2 Å². The van der Waals surface area contributed by atoms with E-state index in [2.05, 4.69) is 6.92 Å². The minimum Gasteiger partial charge on any atom is -0.469 e. The van der Waals surface area contributed by atoms with E-state index < -0.39 is 116 Å². The molecule has 0 N–H and O–H groups in total. The van der Waals surface area contributed by atoms with Crippen LogP contribution in [0.4, 0.5) is 0 Å². The molecule has 20 atom stereocenters. The lowest BCUT2D eigenvalue weighted by atomic mass is 9.55. The first-order valence-electron chi connectivity index (χ1n) is 23.3. The quantitative estimate of drug-likeness (QED) is 0.157. The lowest BCUT2D eigenvalue weighted by Gasteiger charge is -2.52. The van der Waals surface area contributed by atoms with Gasteiger partial charge in [-0.25, -0.2) is 0 Å². The lowest BCUT2D eigenvalue weighted by Crippen LogP contribution is -2.57. The maximum Gasteiger partial charge on any atom is 0.313 e. The van der Waals surface area contributed by atoms with Crippen LogP contribution in [0.5, 0.6) is 0 Å². The van der Waals surface area contributed by atoms with Gasteiger partial charge in [0.2, 0.25) is 5.79 Å². The van der Waals surface area contributed by atoms with Gasteiger partial charge in [-0.3, -0.25) is 19.2 Å². The maximum absolute atomic E-state index is 14.2. The van der Waals surface area contributed by atoms with Gasteiger partial charge in [-0.1, -0.05) is 12.5 Å². The highest BCUT2D eigenvalue weighted by atomic mass is 16.8. The molecule has 65 heavy (non-hydrogen) atoms. The first-order chi connectivity index (χ1) is 30.9. The van der Waals surface area contributed by atoms with E-state index in [-0.39, 0.29) is 48.8 Å². The van der Waals surface area contributed by atoms with Crippen LogP contribution in [0.25, 0.3) is 0 Å². The van der Waals surface area contributed by atoms with Gasteiger partial charge in [0.25, 0.3) is 0 Å². The Morgan fingerprint density at radius 3 is 1.91 bits per heavy atom. The number of esters is 4. The van der Waals surface area contributed by atoms with E-state index in [4.69, 9.17) is 66.3 Å². The Kier molecular flexibility index (Phi) is 14.4. The summed E-state index contributed by atoms with van der Waals surface area (Å²) in [5.41, 5.74) is 1.80. The van der Waals surface area contributed by atoms with E-state index in [1.54, 1.807) is 27.4 Å². The fourth-order valence-corrected chi connectivity index (χ4v) is 12.0. The number of fused-ring (bicyclic) bond motifs is 3. The highest BCUT2D eigenvalue weighted by molar-refractivity contribution is 5.76. The summed E-state index contributed by atoms with van der Waals surface area (Å²) in [5.74, 6) is -3.64. The summed E-state index contributed by atoms with van der Waals surface area (Å²) in [7, 11) is 3.16. The zero-order chi connectivity index (χ0) is 46.5. The molecule has 0 spiro atoms. The molecule has 2 aliphatic carbocycles. The van der Waals surface area contributed by atoms with Crippen LogP contribution >= 0.6 is 0 Å². The number of methoxy groups -OCH3 is 2. The van der Waals surface area contributed by atoms with Crippen LogP contribution in [0.2, 0.25) is 0 Å². The van der Waals surface area contributed by atoms with E-state index in [1.807, 2.05) is 26.8 Å². The third-order valence-electron chi connectivity index (χ3n) is 15.1. The molecule has 364 valence electrons. The molecular formula is C47H68O18. The van der Waals surface area contributed by atoms with Crippen LogP contribution in [0.15, 0.2) is 23.5 Å². The van der Waals surface area contributed by atoms with Crippen LogP contribution < -0.4 is 0 Å². The molecule has 18 heteroatoms. The van der Waals surface area contributed by atoms with Gasteiger partial charge in [-0.15, -0.1) is 0 Å². The largest absolute Gasteiger partial charge is 0.469 e. The van der Waals surface area contributed by atoms with Crippen molar-refractivity contribution >= 4 is 23.9 Å². The Labute approximate surface area is 380 Å². The van der Waals surface area contributed by atoms with E-state index >= 15 is 0 Å². The van der Waals surface area contributed by atoms with E-state index in [9.17, 15) is 19.2 Å². The smallest absolute Gasteiger partial charge is 0.313 e. The number of hydrogen-bond donors (Lipinski definition) is 0. The third-order valence-corrected chi connectivity index (χ3v) is 15.1. The van der Waals surface area contributed by atoms with Gasteiger partial charge in [-0.05, 0) is 75.9 Å². The number of hydrogen-bond acceptors (Lipinski definition) is 18. The van der Waals surface area contributed by atoms with Crippen molar-refractivity contribution in [2.45, 2.75) is 205 Å². The number of ether oxygens (including phenoxy) is 14. The SMILES string of the molecule is CO[C@@H]1C[C@H](O[C@H]2CC[C@@]3(C)C(=C[C@H](OC(C)=O)[C@H]4C(=O)O[C@@H]5CO[C@]6(C)OC=C(CC[C@@H]43)[C@H]56)C2)O[C@H](C)[C@H]1O[C@H]1C[C@H](OC(C)=O)[C@H](O[C@H]2C[C@@H](OC)[C@@H](OC(C)=O)[C@H](C)O2)[C@@H](C)O1. The Morgan fingerprint density at radius 2 is 1.29 bits per heavy atom. The molecule has 0 amide bonds. The molecule has 1 saturated carbocycles. The summed E-state index contributed by atoms with van der Waals surface area (Å²) in [6.07, 6.45) is -0.717. The predicted molar refractivity (Wildman–Crippen MR) is 223 cm³/mol. The second kappa shape index (κ2) is 19.4. The van der Waals surface area contributed by atoms with Crippen LogP contribution in [-0.2, 0) is 85.5 Å². The minimum absolute atomic E-state index is 0.157. The molecule has 6 fully saturated rings. The van der Waals surface area contributed by atoms with Gasteiger partial charge >= 0.3 is 23.9 Å². The van der Waals surface area contributed by atoms with E-state index in [1.165, 1.54) is 20.8 Å². The normalized spacial score (nSPS) is 46.0. The zero-order valence-electron chi connectivity index (χ0n) is 39.3. The Hall–Kier alpha value is -3.20. The van der Waals surface area contributed by atoms with E-state index in [0.717, 1.165) is 24.0 Å². The average molecular weight is 921 g/mol. The fourth-order valence-electron chi connectivity index (χ4n) is 12.0. The van der Waals surface area contributed by atoms with Crippen LogP contribution in [0.3, 0.4) is 0 Å². The monoisotopic (exact) mass is 920 g/mol. The maximum atomic E-state index is 14.2. The summed E-state index contributed by atoms with van der Waals surface area (Å²) in [4.78, 5) is 50.8. The summed E-state index contributed by atoms with van der Waals surface area (Å²) < 4.78 is 85.7. The van der Waals surface area contributed by atoms with Crippen molar-refractivity contribution in [2.75, 3.05) is 20.8 Å². The van der Waals surface area contributed by atoms with Crippen molar-refractivity contribution in [3.63, 3.8) is 0 Å². The molecular weight excluding hydrogens is 852 g/mol. The molecule has 0 aromatic heterocycles. The molecule has 0 aromatic carbocycles. The topological polar surface area (TPSA) is 197 Å². The number of rotatable bonds is 11. The van der Waals surface area contributed by atoms with Gasteiger partial charge < -0.3 is 66.3 Å². The second-order valence-corrected chi connectivity index (χ2v) is 19.4. The van der Waals surface area contributed by atoms with Crippen molar-refractivity contribution in [1.82, 2.24) is 0 Å². The van der Waals surface area contributed by atoms with Gasteiger partial charge in [0.1, 0.15) is 42.5 Å². The van der Waals surface area contributed by atoms with Gasteiger partial charge in [0.05, 0.1) is 49.3 Å².